The first kappa shape index (κ1) is 16.2. The number of aromatic nitrogens is 2. The molecule has 0 spiro atoms. The molecular formula is C20H21F2N3. The van der Waals surface area contributed by atoms with Crippen LogP contribution in [0.1, 0.15) is 29.8 Å². The number of fused-ring (bicyclic) bond motifs is 3. The number of nitrogens with zero attached hydrogens (tertiary/aromatic N) is 3. The largest absolute Gasteiger partial charge is 0.341 e. The summed E-state index contributed by atoms with van der Waals surface area (Å²) in [6, 6.07) is 6.55. The lowest BCUT2D eigenvalue weighted by molar-refractivity contribution is 0.245. The monoisotopic (exact) mass is 341 g/mol. The summed E-state index contributed by atoms with van der Waals surface area (Å²) in [5, 5.41) is 0.706. The maximum Gasteiger partial charge on any atom is 0.150 e. The van der Waals surface area contributed by atoms with Crippen LogP contribution in [0.25, 0.3) is 10.9 Å². The molecule has 0 amide bonds. The fourth-order valence-corrected chi connectivity index (χ4v) is 3.95. The highest BCUT2D eigenvalue weighted by atomic mass is 19.1. The normalized spacial score (nSPS) is 17.8. The summed E-state index contributed by atoms with van der Waals surface area (Å²) in [7, 11) is 2.06. The van der Waals surface area contributed by atoms with Gasteiger partial charge < -0.3 is 4.57 Å². The SMILES string of the molecule is CC1c2c(n(CCc3cccnc3)c3c(F)cc(F)cc23)CCN1C. The molecule has 1 aliphatic heterocycles. The van der Waals surface area contributed by atoms with Crippen LogP contribution in [-0.2, 0) is 19.4 Å². The molecule has 0 bridgehead atoms. The average molecular weight is 341 g/mol. The number of hydrogen-bond donors (Lipinski definition) is 0. The van der Waals surface area contributed by atoms with Crippen molar-refractivity contribution in [2.75, 3.05) is 13.6 Å². The molecule has 1 aliphatic rings. The first-order valence-electron chi connectivity index (χ1n) is 8.65. The molecule has 0 N–H and O–H groups in total. The van der Waals surface area contributed by atoms with Gasteiger partial charge in [-0.3, -0.25) is 9.88 Å². The van der Waals surface area contributed by atoms with Crippen molar-refractivity contribution in [1.82, 2.24) is 14.5 Å². The fourth-order valence-electron chi connectivity index (χ4n) is 3.95. The topological polar surface area (TPSA) is 21.1 Å². The number of likely N-dealkylation sites (N-methyl/N-ethyl adjacent to an activating group) is 1. The van der Waals surface area contributed by atoms with Crippen molar-refractivity contribution in [2.45, 2.75) is 32.4 Å². The molecule has 130 valence electrons. The molecule has 1 atom stereocenters. The Bertz CT molecular complexity index is 918. The molecule has 4 rings (SSSR count). The number of halogens is 2. The van der Waals surface area contributed by atoms with E-state index in [0.29, 0.717) is 17.4 Å². The van der Waals surface area contributed by atoms with Crippen molar-refractivity contribution in [3.8, 4) is 0 Å². The Balaban J connectivity index is 1.85. The number of hydrogen-bond acceptors (Lipinski definition) is 2. The Morgan fingerprint density at radius 1 is 1.28 bits per heavy atom. The quantitative estimate of drug-likeness (QED) is 0.715. The molecule has 0 fully saturated rings. The second kappa shape index (κ2) is 6.23. The Morgan fingerprint density at radius 3 is 2.88 bits per heavy atom. The minimum absolute atomic E-state index is 0.145. The molecule has 2 aromatic heterocycles. The van der Waals surface area contributed by atoms with E-state index >= 15 is 0 Å². The van der Waals surface area contributed by atoms with E-state index in [9.17, 15) is 8.78 Å². The molecule has 3 heterocycles. The van der Waals surface area contributed by atoms with Crippen molar-refractivity contribution in [2.24, 2.45) is 0 Å². The first-order valence-corrected chi connectivity index (χ1v) is 8.65. The lowest BCUT2D eigenvalue weighted by Gasteiger charge is -2.31. The summed E-state index contributed by atoms with van der Waals surface area (Å²) in [6.45, 7) is 3.68. The van der Waals surface area contributed by atoms with Crippen LogP contribution >= 0.6 is 0 Å². The molecule has 0 saturated carbocycles. The Morgan fingerprint density at radius 2 is 2.12 bits per heavy atom. The number of rotatable bonds is 3. The zero-order chi connectivity index (χ0) is 17.6. The molecule has 0 aliphatic carbocycles. The van der Waals surface area contributed by atoms with Crippen LogP contribution in [0.4, 0.5) is 8.78 Å². The van der Waals surface area contributed by atoms with Crippen molar-refractivity contribution >= 4 is 10.9 Å². The number of pyridine rings is 1. The van der Waals surface area contributed by atoms with Gasteiger partial charge in [0.15, 0.2) is 0 Å². The van der Waals surface area contributed by atoms with E-state index < -0.39 is 11.6 Å². The third-order valence-corrected chi connectivity index (χ3v) is 5.35. The van der Waals surface area contributed by atoms with Crippen molar-refractivity contribution in [1.29, 1.82) is 0 Å². The van der Waals surface area contributed by atoms with E-state index in [2.05, 4.69) is 28.4 Å². The van der Waals surface area contributed by atoms with Gasteiger partial charge in [-0.2, -0.15) is 0 Å². The standard InChI is InChI=1S/C20H21F2N3/c1-13-19-16-10-15(21)11-17(22)20(16)25(18(19)6-8-24(13)2)9-5-14-4-3-7-23-12-14/h3-4,7,10-13H,5-6,8-9H2,1-2H3. The second-order valence-corrected chi connectivity index (χ2v) is 6.81. The highest BCUT2D eigenvalue weighted by Crippen LogP contribution is 2.38. The highest BCUT2D eigenvalue weighted by molar-refractivity contribution is 5.87. The van der Waals surface area contributed by atoms with Crippen LogP contribution in [0.2, 0.25) is 0 Å². The maximum atomic E-state index is 14.7. The third kappa shape index (κ3) is 2.72. The smallest absolute Gasteiger partial charge is 0.150 e. The highest BCUT2D eigenvalue weighted by Gasteiger charge is 2.29. The molecule has 0 saturated heterocycles. The molecule has 5 heteroatoms. The van der Waals surface area contributed by atoms with Gasteiger partial charge in [0.05, 0.1) is 5.52 Å². The van der Waals surface area contributed by atoms with Gasteiger partial charge in [0.2, 0.25) is 0 Å². The number of aryl methyl sites for hydroxylation is 2. The maximum absolute atomic E-state index is 14.7. The van der Waals surface area contributed by atoms with Gasteiger partial charge >= 0.3 is 0 Å². The summed E-state index contributed by atoms with van der Waals surface area (Å²) >= 11 is 0. The summed E-state index contributed by atoms with van der Waals surface area (Å²) in [5.41, 5.74) is 3.83. The van der Waals surface area contributed by atoms with Crippen LogP contribution in [-0.4, -0.2) is 28.0 Å². The molecule has 3 aromatic rings. The van der Waals surface area contributed by atoms with Crippen LogP contribution in [0.3, 0.4) is 0 Å². The van der Waals surface area contributed by atoms with Gasteiger partial charge in [-0.25, -0.2) is 8.78 Å². The van der Waals surface area contributed by atoms with E-state index in [4.69, 9.17) is 0 Å². The van der Waals surface area contributed by atoms with Crippen LogP contribution in [0.15, 0.2) is 36.7 Å². The van der Waals surface area contributed by atoms with Crippen LogP contribution in [0, 0.1) is 11.6 Å². The van der Waals surface area contributed by atoms with Gasteiger partial charge in [0, 0.05) is 55.1 Å². The van der Waals surface area contributed by atoms with Gasteiger partial charge in [0.1, 0.15) is 11.6 Å². The van der Waals surface area contributed by atoms with E-state index in [-0.39, 0.29) is 6.04 Å². The summed E-state index contributed by atoms with van der Waals surface area (Å²) in [4.78, 5) is 6.38. The zero-order valence-electron chi connectivity index (χ0n) is 14.5. The zero-order valence-corrected chi connectivity index (χ0v) is 14.5. The lowest BCUT2D eigenvalue weighted by atomic mass is 9.97. The molecule has 1 aromatic carbocycles. The van der Waals surface area contributed by atoms with Gasteiger partial charge in [-0.15, -0.1) is 0 Å². The number of benzene rings is 1. The van der Waals surface area contributed by atoms with E-state index in [1.807, 2.05) is 18.3 Å². The Labute approximate surface area is 145 Å². The lowest BCUT2D eigenvalue weighted by Crippen LogP contribution is -2.31. The summed E-state index contributed by atoms with van der Waals surface area (Å²) in [6.07, 6.45) is 5.20. The van der Waals surface area contributed by atoms with Crippen molar-refractivity contribution < 1.29 is 8.78 Å². The minimum atomic E-state index is -0.516. The van der Waals surface area contributed by atoms with E-state index in [1.165, 1.54) is 6.07 Å². The molecule has 3 nitrogen and oxygen atoms in total. The summed E-state index contributed by atoms with van der Waals surface area (Å²) in [5.74, 6) is -0.997. The first-order chi connectivity index (χ1) is 12.1. The van der Waals surface area contributed by atoms with Gasteiger partial charge in [-0.05, 0) is 43.7 Å². The summed E-state index contributed by atoms with van der Waals surface area (Å²) < 4.78 is 30.6. The molecule has 0 radical (unpaired) electrons. The van der Waals surface area contributed by atoms with Gasteiger partial charge in [-0.1, -0.05) is 6.07 Å². The predicted octanol–water partition coefficient (Wildman–Crippen LogP) is 4.11. The van der Waals surface area contributed by atoms with Crippen molar-refractivity contribution in [3.63, 3.8) is 0 Å². The predicted molar refractivity (Wildman–Crippen MR) is 94.5 cm³/mol. The third-order valence-electron chi connectivity index (χ3n) is 5.35. The minimum Gasteiger partial charge on any atom is -0.341 e. The van der Waals surface area contributed by atoms with Gasteiger partial charge in [0.25, 0.3) is 0 Å². The molecule has 1 unspecified atom stereocenters. The fraction of sp³-hybridized carbons (Fsp3) is 0.350. The van der Waals surface area contributed by atoms with E-state index in [0.717, 1.165) is 42.3 Å². The second-order valence-electron chi connectivity index (χ2n) is 6.81. The van der Waals surface area contributed by atoms with E-state index in [1.54, 1.807) is 6.20 Å². The van der Waals surface area contributed by atoms with Crippen LogP contribution in [0.5, 0.6) is 0 Å². The average Bonchev–Trinajstić information content (AvgIpc) is 2.91. The van der Waals surface area contributed by atoms with Crippen LogP contribution < -0.4 is 0 Å². The molecule has 25 heavy (non-hydrogen) atoms. The van der Waals surface area contributed by atoms with Crippen molar-refractivity contribution in [3.05, 3.63) is 65.1 Å². The Hall–Kier alpha value is -2.27. The molecular weight excluding hydrogens is 320 g/mol. The Kier molecular flexibility index (Phi) is 4.04.